The fraction of sp³-hybridized carbons (Fsp3) is 0.433. The maximum atomic E-state index is 14.5. The van der Waals surface area contributed by atoms with Gasteiger partial charge in [-0.1, -0.05) is 0 Å². The van der Waals surface area contributed by atoms with Crippen LogP contribution >= 0.6 is 136 Å². The van der Waals surface area contributed by atoms with Gasteiger partial charge in [-0.3, -0.25) is 24.1 Å². The first-order valence-corrected chi connectivity index (χ1v) is 22.1. The van der Waals surface area contributed by atoms with Crippen LogP contribution in [0.25, 0.3) is 0 Å². The molecule has 0 aromatic heterocycles. The van der Waals surface area contributed by atoms with Gasteiger partial charge in [0.15, 0.2) is 0 Å². The number of hydrogen-bond acceptors (Lipinski definition) is 13. The zero-order valence-corrected chi connectivity index (χ0v) is 41.1. The molecule has 3 unspecified atom stereocenters. The minimum Gasteiger partial charge on any atom is -0.395 e. The van der Waals surface area contributed by atoms with Crippen LogP contribution in [-0.4, -0.2) is 155 Å². The van der Waals surface area contributed by atoms with Crippen molar-refractivity contribution in [2.24, 2.45) is 0 Å². The standard InChI is InChI=1S/C30H36I6N6O13/c31-18-14(26(51)37-1-3-43)20(33)24(21(34)15(18)28(53)39-5-11(48)8-45)41-30(55)42(7-13(50)10-47)25-22(35)16(27(52)38-2-4-44)19(32)17(23(25)36)29(54)40-6-12(49)9-46/h11-13,43-50H,1-10H2,(H,37,51)(H,38,52)(H,39,53)(H,40,54)(H,41,55). The molecule has 2 aromatic rings. The predicted molar refractivity (Wildman–Crippen MR) is 248 cm³/mol. The summed E-state index contributed by atoms with van der Waals surface area (Å²) in [6, 6.07) is -1.02. The molecule has 0 heterocycles. The van der Waals surface area contributed by atoms with Crippen LogP contribution in [0.1, 0.15) is 41.4 Å². The predicted octanol–water partition coefficient (Wildman–Crippen LogP) is -0.684. The first-order valence-electron chi connectivity index (χ1n) is 15.6. The van der Waals surface area contributed by atoms with E-state index in [2.05, 4.69) is 26.6 Å². The second kappa shape index (κ2) is 24.7. The summed E-state index contributed by atoms with van der Waals surface area (Å²) in [6.07, 6.45) is -4.20. The smallest absolute Gasteiger partial charge is 0.326 e. The molecule has 0 saturated carbocycles. The zero-order chi connectivity index (χ0) is 41.7. The van der Waals surface area contributed by atoms with Crippen molar-refractivity contribution in [3.63, 3.8) is 0 Å². The number of nitrogens with one attached hydrogen (secondary N) is 5. The van der Waals surface area contributed by atoms with Crippen molar-refractivity contribution in [3.05, 3.63) is 43.7 Å². The van der Waals surface area contributed by atoms with Gasteiger partial charge in [-0.05, 0) is 136 Å². The van der Waals surface area contributed by atoms with Crippen molar-refractivity contribution in [2.45, 2.75) is 18.3 Å². The Morgan fingerprint density at radius 3 is 1.20 bits per heavy atom. The van der Waals surface area contributed by atoms with Gasteiger partial charge in [0.05, 0.1) is 106 Å². The van der Waals surface area contributed by atoms with Crippen LogP contribution in [0.4, 0.5) is 16.2 Å². The van der Waals surface area contributed by atoms with Crippen LogP contribution in [0, 0.1) is 21.4 Å². The molecule has 0 bridgehead atoms. The molecule has 2 aromatic carbocycles. The van der Waals surface area contributed by atoms with Gasteiger partial charge in [0.25, 0.3) is 23.6 Å². The third-order valence-electron chi connectivity index (χ3n) is 7.08. The Bertz CT molecular complexity index is 1760. The molecule has 2 rings (SSSR count). The topological polar surface area (TPSA) is 311 Å². The van der Waals surface area contributed by atoms with E-state index in [4.69, 9.17) is 0 Å². The molecule has 55 heavy (non-hydrogen) atoms. The minimum absolute atomic E-state index is 0.0644. The summed E-state index contributed by atoms with van der Waals surface area (Å²) < 4.78 is 0.712. The molecule has 3 atom stereocenters. The Balaban J connectivity index is 2.97. The Kier molecular flexibility index (Phi) is 22.8. The number of urea groups is 1. The molecule has 0 radical (unpaired) electrons. The van der Waals surface area contributed by atoms with E-state index in [1.54, 1.807) is 136 Å². The fourth-order valence-corrected chi connectivity index (χ4v) is 13.6. The first-order chi connectivity index (χ1) is 25.9. The Hall–Kier alpha value is -0.350. The Morgan fingerprint density at radius 1 is 0.509 bits per heavy atom. The number of anilines is 2. The van der Waals surface area contributed by atoms with Crippen molar-refractivity contribution >= 4 is 177 Å². The lowest BCUT2D eigenvalue weighted by Crippen LogP contribution is -2.44. The van der Waals surface area contributed by atoms with E-state index < -0.39 is 87.6 Å². The highest BCUT2D eigenvalue weighted by Crippen LogP contribution is 2.40. The third-order valence-corrected chi connectivity index (χ3v) is 13.5. The number of carbonyl (C=O) groups excluding carboxylic acids is 5. The minimum atomic E-state index is -1.57. The average Bonchev–Trinajstić information content (AvgIpc) is 3.14. The van der Waals surface area contributed by atoms with Gasteiger partial charge in [0.1, 0.15) is 0 Å². The number of aliphatic hydroxyl groups is 8. The van der Waals surface area contributed by atoms with Crippen LogP contribution in [0.15, 0.2) is 0 Å². The molecule has 0 aliphatic carbocycles. The molecule has 13 N–H and O–H groups in total. The van der Waals surface area contributed by atoms with E-state index in [1.165, 1.54) is 0 Å². The second-order valence-electron chi connectivity index (χ2n) is 11.0. The quantitative estimate of drug-likeness (QED) is 0.0777. The number of carbonyl (C=O) groups is 5. The Morgan fingerprint density at radius 2 is 0.855 bits per heavy atom. The van der Waals surface area contributed by atoms with Gasteiger partial charge in [-0.25, -0.2) is 4.79 Å². The highest BCUT2D eigenvalue weighted by molar-refractivity contribution is 14.1. The lowest BCUT2D eigenvalue weighted by molar-refractivity contribution is 0.0797. The summed E-state index contributed by atoms with van der Waals surface area (Å²) in [4.78, 5) is 69.5. The first kappa shape index (κ1) is 50.8. The lowest BCUT2D eigenvalue weighted by Gasteiger charge is -2.30. The lowest BCUT2D eigenvalue weighted by atomic mass is 10.1. The number of rotatable bonds is 19. The van der Waals surface area contributed by atoms with E-state index in [0.29, 0.717) is 0 Å². The molecular formula is C30H36I6N6O13. The van der Waals surface area contributed by atoms with Crippen molar-refractivity contribution in [1.82, 2.24) is 21.3 Å². The summed E-state index contributed by atoms with van der Waals surface area (Å²) in [5.74, 6) is -3.04. The van der Waals surface area contributed by atoms with Gasteiger partial charge >= 0.3 is 6.03 Å². The van der Waals surface area contributed by atoms with Crippen LogP contribution in [-0.2, 0) is 0 Å². The zero-order valence-electron chi connectivity index (χ0n) is 28.1. The van der Waals surface area contributed by atoms with Gasteiger partial charge in [0.2, 0.25) is 0 Å². The maximum absolute atomic E-state index is 14.5. The van der Waals surface area contributed by atoms with Crippen LogP contribution in [0.3, 0.4) is 0 Å². The van der Waals surface area contributed by atoms with E-state index in [-0.39, 0.29) is 81.2 Å². The summed E-state index contributed by atoms with van der Waals surface area (Å²) in [7, 11) is 0. The third kappa shape index (κ3) is 13.3. The van der Waals surface area contributed by atoms with Crippen molar-refractivity contribution in [2.75, 3.05) is 76.0 Å². The molecule has 0 aliphatic rings. The largest absolute Gasteiger partial charge is 0.395 e. The SMILES string of the molecule is O=C(NCCO)c1c(I)c(NC(=O)N(CC(O)CO)c2c(I)c(C(=O)NCCO)c(I)c(C(=O)NCC(O)CO)c2I)c(I)c(C(=O)NCC(O)CO)c1I. The maximum Gasteiger partial charge on any atom is 0.326 e. The van der Waals surface area contributed by atoms with Crippen LogP contribution in [0.5, 0.6) is 0 Å². The van der Waals surface area contributed by atoms with Gasteiger partial charge in [0, 0.05) is 33.3 Å². The molecule has 0 aliphatic heterocycles. The number of aliphatic hydroxyl groups excluding tert-OH is 8. The second-order valence-corrected chi connectivity index (χ2v) is 17.5. The molecular weight excluding hydrogens is 1410 g/mol. The van der Waals surface area contributed by atoms with Gasteiger partial charge < -0.3 is 67.4 Å². The van der Waals surface area contributed by atoms with E-state index in [1.807, 2.05) is 0 Å². The number of halogens is 6. The number of hydrogen-bond donors (Lipinski definition) is 13. The van der Waals surface area contributed by atoms with E-state index in [9.17, 15) is 64.8 Å². The molecule has 0 saturated heterocycles. The highest BCUT2D eigenvalue weighted by atomic mass is 127. The summed E-state index contributed by atoms with van der Waals surface area (Å²) >= 11 is 10.7. The van der Waals surface area contributed by atoms with Crippen LogP contribution < -0.4 is 31.5 Å². The van der Waals surface area contributed by atoms with E-state index >= 15 is 0 Å². The normalized spacial score (nSPS) is 12.7. The van der Waals surface area contributed by atoms with Crippen molar-refractivity contribution in [3.8, 4) is 0 Å². The van der Waals surface area contributed by atoms with Crippen LogP contribution in [0.2, 0.25) is 0 Å². The van der Waals surface area contributed by atoms with Crippen molar-refractivity contribution in [1.29, 1.82) is 0 Å². The van der Waals surface area contributed by atoms with E-state index in [0.717, 1.165) is 4.90 Å². The average molecular weight is 1450 g/mol. The molecule has 6 amide bonds. The molecule has 19 nitrogen and oxygen atoms in total. The molecule has 0 fully saturated rings. The van der Waals surface area contributed by atoms with Crippen molar-refractivity contribution < 1.29 is 64.8 Å². The number of nitrogens with zero attached hydrogens (tertiary/aromatic N) is 1. The summed E-state index contributed by atoms with van der Waals surface area (Å²) in [5.41, 5.74) is -0.531. The molecule has 0 spiro atoms. The van der Waals surface area contributed by atoms with Gasteiger partial charge in [-0.15, -0.1) is 0 Å². The summed E-state index contributed by atoms with van der Waals surface area (Å²) in [5, 5.41) is 90.1. The Labute approximate surface area is 395 Å². The van der Waals surface area contributed by atoms with Gasteiger partial charge in [-0.2, -0.15) is 0 Å². The highest BCUT2D eigenvalue weighted by Gasteiger charge is 2.35. The molecule has 25 heteroatoms. The molecule has 306 valence electrons. The number of amides is 6. The fourth-order valence-electron chi connectivity index (χ4n) is 4.42. The summed E-state index contributed by atoms with van der Waals surface area (Å²) in [6.45, 7) is -4.65. The number of benzene rings is 2. The monoisotopic (exact) mass is 1450 g/mol.